The molecule has 1 amide bonds. The Bertz CT molecular complexity index is 1240. The molecular formula is C20H14FN5O2S2. The molecule has 0 aliphatic carbocycles. The van der Waals surface area contributed by atoms with Crippen LogP contribution in [-0.2, 0) is 5.75 Å². The molecule has 0 atom stereocenters. The number of benzene rings is 2. The van der Waals surface area contributed by atoms with E-state index >= 15 is 0 Å². The molecule has 4 aromatic rings. The van der Waals surface area contributed by atoms with Crippen molar-refractivity contribution >= 4 is 34.1 Å². The van der Waals surface area contributed by atoms with Crippen molar-refractivity contribution in [2.45, 2.75) is 10.1 Å². The number of carbonyl (C=O) groups is 1. The van der Waals surface area contributed by atoms with Gasteiger partial charge in [-0.05, 0) is 23.8 Å². The zero-order chi connectivity index (χ0) is 20.9. The van der Waals surface area contributed by atoms with Crippen LogP contribution < -0.4 is 10.7 Å². The molecule has 30 heavy (non-hydrogen) atoms. The minimum Gasteiger partial charge on any atom is -0.295 e. The summed E-state index contributed by atoms with van der Waals surface area (Å²) < 4.78 is 15.7. The zero-order valence-electron chi connectivity index (χ0n) is 15.4. The summed E-state index contributed by atoms with van der Waals surface area (Å²) in [7, 11) is 0. The number of nitrogens with zero attached hydrogens (tertiary/aromatic N) is 4. The number of halogens is 1. The van der Waals surface area contributed by atoms with E-state index in [9.17, 15) is 14.0 Å². The second kappa shape index (κ2) is 8.97. The highest BCUT2D eigenvalue weighted by Gasteiger charge is 2.16. The summed E-state index contributed by atoms with van der Waals surface area (Å²) >= 11 is 2.44. The van der Waals surface area contributed by atoms with Crippen LogP contribution in [0.2, 0.25) is 0 Å². The molecule has 0 bridgehead atoms. The van der Waals surface area contributed by atoms with Crippen LogP contribution in [0.4, 0.5) is 9.52 Å². The van der Waals surface area contributed by atoms with Gasteiger partial charge in [-0.25, -0.2) is 9.07 Å². The van der Waals surface area contributed by atoms with Crippen LogP contribution in [0.15, 0.2) is 76.0 Å². The predicted octanol–water partition coefficient (Wildman–Crippen LogP) is 3.77. The zero-order valence-corrected chi connectivity index (χ0v) is 17.0. The molecule has 150 valence electrons. The van der Waals surface area contributed by atoms with E-state index < -0.39 is 11.3 Å². The fourth-order valence-corrected chi connectivity index (χ4v) is 4.25. The van der Waals surface area contributed by atoms with E-state index in [-0.39, 0.29) is 16.6 Å². The lowest BCUT2D eigenvalue weighted by Gasteiger charge is -2.06. The van der Waals surface area contributed by atoms with Crippen molar-refractivity contribution in [3.63, 3.8) is 0 Å². The summed E-state index contributed by atoms with van der Waals surface area (Å²) in [4.78, 5) is 24.7. The smallest absolute Gasteiger partial charge is 0.282 e. The van der Waals surface area contributed by atoms with Gasteiger partial charge in [0.05, 0.1) is 5.69 Å². The van der Waals surface area contributed by atoms with E-state index in [1.54, 1.807) is 18.2 Å². The molecule has 0 saturated heterocycles. The highest BCUT2D eigenvalue weighted by Crippen LogP contribution is 2.29. The molecule has 0 saturated carbocycles. The lowest BCUT2D eigenvalue weighted by atomic mass is 10.2. The fourth-order valence-electron chi connectivity index (χ4n) is 2.52. The van der Waals surface area contributed by atoms with Crippen molar-refractivity contribution < 1.29 is 9.18 Å². The number of hydrogen-bond donors (Lipinski definition) is 1. The average molecular weight is 439 g/mol. The Morgan fingerprint density at radius 2 is 1.83 bits per heavy atom. The van der Waals surface area contributed by atoms with Gasteiger partial charge in [-0.2, -0.15) is 5.10 Å². The summed E-state index contributed by atoms with van der Waals surface area (Å²) in [6.45, 7) is 0. The van der Waals surface area contributed by atoms with Gasteiger partial charge in [0.15, 0.2) is 10.0 Å². The maximum absolute atomic E-state index is 13.7. The number of aromatic nitrogens is 4. The van der Waals surface area contributed by atoms with Crippen molar-refractivity contribution in [3.8, 4) is 5.69 Å². The number of anilines is 1. The Kier molecular flexibility index (Phi) is 5.96. The molecule has 10 heteroatoms. The standard InChI is InChI=1S/C20H14FN5O2S2/c21-15-9-5-4-6-13(15)12-29-20-24-23-19(30-20)22-18(28)17-16(27)10-11-26(25-17)14-7-2-1-3-8-14/h1-11H,12H2,(H,22,23,28). The monoisotopic (exact) mass is 439 g/mol. The van der Waals surface area contributed by atoms with E-state index in [1.807, 2.05) is 30.3 Å². The molecule has 2 aromatic heterocycles. The van der Waals surface area contributed by atoms with Gasteiger partial charge in [-0.3, -0.25) is 14.9 Å². The third kappa shape index (κ3) is 4.61. The molecule has 0 unspecified atom stereocenters. The number of nitrogens with one attached hydrogen (secondary N) is 1. The minimum absolute atomic E-state index is 0.229. The van der Waals surface area contributed by atoms with E-state index in [0.717, 1.165) is 11.3 Å². The van der Waals surface area contributed by atoms with Crippen LogP contribution in [0.25, 0.3) is 5.69 Å². The predicted molar refractivity (Wildman–Crippen MR) is 114 cm³/mol. The van der Waals surface area contributed by atoms with Crippen LogP contribution in [0.5, 0.6) is 0 Å². The lowest BCUT2D eigenvalue weighted by Crippen LogP contribution is -2.25. The molecule has 2 aromatic carbocycles. The van der Waals surface area contributed by atoms with Crippen LogP contribution >= 0.6 is 23.1 Å². The van der Waals surface area contributed by atoms with Crippen molar-refractivity contribution in [2.24, 2.45) is 0 Å². The summed E-state index contributed by atoms with van der Waals surface area (Å²) in [5, 5.41) is 14.8. The number of hydrogen-bond acceptors (Lipinski definition) is 7. The van der Waals surface area contributed by atoms with Gasteiger partial charge in [0.25, 0.3) is 5.91 Å². The van der Waals surface area contributed by atoms with Gasteiger partial charge < -0.3 is 0 Å². The molecule has 0 fully saturated rings. The first-order valence-corrected chi connectivity index (χ1v) is 10.6. The maximum Gasteiger partial charge on any atom is 0.282 e. The number of amides is 1. The third-order valence-corrected chi connectivity index (χ3v) is 6.00. The number of carbonyl (C=O) groups excluding carboxylic acids is 1. The van der Waals surface area contributed by atoms with Gasteiger partial charge in [0, 0.05) is 18.0 Å². The normalized spacial score (nSPS) is 10.7. The van der Waals surface area contributed by atoms with E-state index in [1.165, 1.54) is 34.8 Å². The van der Waals surface area contributed by atoms with Crippen molar-refractivity contribution in [1.29, 1.82) is 0 Å². The molecule has 2 heterocycles. The summed E-state index contributed by atoms with van der Waals surface area (Å²) in [6.07, 6.45) is 1.50. The topological polar surface area (TPSA) is 89.8 Å². The Morgan fingerprint density at radius 3 is 2.63 bits per heavy atom. The lowest BCUT2D eigenvalue weighted by molar-refractivity contribution is 0.101. The van der Waals surface area contributed by atoms with Gasteiger partial charge >= 0.3 is 0 Å². The largest absolute Gasteiger partial charge is 0.295 e. The average Bonchev–Trinajstić information content (AvgIpc) is 3.21. The van der Waals surface area contributed by atoms with E-state index in [2.05, 4.69) is 20.6 Å². The van der Waals surface area contributed by atoms with E-state index in [4.69, 9.17) is 0 Å². The molecule has 4 rings (SSSR count). The van der Waals surface area contributed by atoms with Crippen molar-refractivity contribution in [2.75, 3.05) is 5.32 Å². The minimum atomic E-state index is -0.674. The third-order valence-electron chi connectivity index (χ3n) is 3.98. The van der Waals surface area contributed by atoms with Crippen LogP contribution in [0.1, 0.15) is 16.1 Å². The number of thioether (sulfide) groups is 1. The second-order valence-corrected chi connectivity index (χ2v) is 8.22. The summed E-state index contributed by atoms with van der Waals surface area (Å²) in [6, 6.07) is 16.9. The first-order chi connectivity index (χ1) is 14.6. The number of rotatable bonds is 6. The highest BCUT2D eigenvalue weighted by atomic mass is 32.2. The molecule has 0 aliphatic heterocycles. The Morgan fingerprint density at radius 1 is 1.07 bits per heavy atom. The molecular weight excluding hydrogens is 425 g/mol. The van der Waals surface area contributed by atoms with Crippen molar-refractivity contribution in [3.05, 3.63) is 94.2 Å². The summed E-state index contributed by atoms with van der Waals surface area (Å²) in [5.41, 5.74) is 0.517. The molecule has 0 spiro atoms. The second-order valence-electron chi connectivity index (χ2n) is 6.02. The van der Waals surface area contributed by atoms with Gasteiger partial charge in [-0.1, -0.05) is 59.5 Å². The van der Waals surface area contributed by atoms with Crippen LogP contribution in [0, 0.1) is 5.82 Å². The van der Waals surface area contributed by atoms with Gasteiger partial charge in [-0.15, -0.1) is 10.2 Å². The first-order valence-electron chi connectivity index (χ1n) is 8.76. The first kappa shape index (κ1) is 19.9. The Balaban J connectivity index is 1.46. The van der Waals surface area contributed by atoms with Gasteiger partial charge in [0.2, 0.25) is 10.6 Å². The molecule has 7 nitrogen and oxygen atoms in total. The van der Waals surface area contributed by atoms with Crippen LogP contribution in [0.3, 0.4) is 0 Å². The SMILES string of the molecule is O=C(Nc1nnc(SCc2ccccc2F)s1)c1nn(-c2ccccc2)ccc1=O. The molecule has 0 aliphatic rings. The fraction of sp³-hybridized carbons (Fsp3) is 0.0500. The summed E-state index contributed by atoms with van der Waals surface area (Å²) in [5.74, 6) is -0.572. The highest BCUT2D eigenvalue weighted by molar-refractivity contribution is 8.00. The maximum atomic E-state index is 13.7. The van der Waals surface area contributed by atoms with E-state index in [0.29, 0.717) is 21.3 Å². The quantitative estimate of drug-likeness (QED) is 0.363. The van der Waals surface area contributed by atoms with Crippen molar-refractivity contribution in [1.82, 2.24) is 20.0 Å². The van der Waals surface area contributed by atoms with Gasteiger partial charge in [0.1, 0.15) is 5.82 Å². The van der Waals surface area contributed by atoms with Crippen LogP contribution in [-0.4, -0.2) is 25.9 Å². The Hall–Kier alpha value is -3.37. The Labute approximate surface area is 178 Å². The number of para-hydroxylation sites is 1. The molecule has 1 N–H and O–H groups in total. The molecule has 0 radical (unpaired) electrons.